The summed E-state index contributed by atoms with van der Waals surface area (Å²) in [7, 11) is 2.07. The Bertz CT molecular complexity index is 762. The SMILES string of the molecule is CN1CCCC(COC(=O)NCCC(=O)On2nnc3ccccc32)C1. The minimum absolute atomic E-state index is 0.00938. The molecule has 1 atom stereocenters. The molecular weight excluding hydrogens is 338 g/mol. The summed E-state index contributed by atoms with van der Waals surface area (Å²) in [4.78, 5) is 32.0. The quantitative estimate of drug-likeness (QED) is 0.761. The van der Waals surface area contributed by atoms with Crippen LogP contribution in [-0.4, -0.2) is 65.4 Å². The molecule has 140 valence electrons. The highest BCUT2D eigenvalue weighted by Crippen LogP contribution is 2.15. The van der Waals surface area contributed by atoms with Gasteiger partial charge in [-0.15, -0.1) is 5.10 Å². The van der Waals surface area contributed by atoms with Crippen LogP contribution in [0.25, 0.3) is 11.0 Å². The van der Waals surface area contributed by atoms with Crippen molar-refractivity contribution in [1.82, 2.24) is 25.4 Å². The molecule has 1 saturated heterocycles. The van der Waals surface area contributed by atoms with E-state index in [-0.39, 0.29) is 13.0 Å². The molecular formula is C17H23N5O4. The van der Waals surface area contributed by atoms with Gasteiger partial charge in [-0.3, -0.25) is 0 Å². The van der Waals surface area contributed by atoms with E-state index in [0.29, 0.717) is 23.6 Å². The third-order valence-electron chi connectivity index (χ3n) is 4.28. The zero-order chi connectivity index (χ0) is 18.4. The van der Waals surface area contributed by atoms with Crippen molar-refractivity contribution in [1.29, 1.82) is 0 Å². The number of aromatic nitrogens is 3. The van der Waals surface area contributed by atoms with Gasteiger partial charge in [0.1, 0.15) is 11.0 Å². The number of piperidine rings is 1. The highest BCUT2D eigenvalue weighted by atomic mass is 16.7. The van der Waals surface area contributed by atoms with E-state index < -0.39 is 12.1 Å². The van der Waals surface area contributed by atoms with Gasteiger partial charge in [-0.05, 0) is 43.8 Å². The van der Waals surface area contributed by atoms with Crippen molar-refractivity contribution in [2.24, 2.45) is 5.92 Å². The molecule has 0 aliphatic carbocycles. The second-order valence-electron chi connectivity index (χ2n) is 6.46. The van der Waals surface area contributed by atoms with Gasteiger partial charge in [0.05, 0.1) is 13.0 Å². The first-order valence-corrected chi connectivity index (χ1v) is 8.72. The van der Waals surface area contributed by atoms with E-state index in [2.05, 4.69) is 27.6 Å². The van der Waals surface area contributed by atoms with Gasteiger partial charge in [-0.1, -0.05) is 17.0 Å². The van der Waals surface area contributed by atoms with E-state index in [4.69, 9.17) is 9.57 Å². The molecule has 3 rings (SSSR count). The molecule has 0 bridgehead atoms. The molecule has 9 heteroatoms. The molecule has 1 fully saturated rings. The molecule has 1 unspecified atom stereocenters. The summed E-state index contributed by atoms with van der Waals surface area (Å²) in [5, 5.41) is 10.2. The molecule has 1 aliphatic heterocycles. The van der Waals surface area contributed by atoms with Crippen LogP contribution < -0.4 is 10.2 Å². The van der Waals surface area contributed by atoms with Crippen LogP contribution in [0.4, 0.5) is 4.79 Å². The van der Waals surface area contributed by atoms with Crippen molar-refractivity contribution in [2.75, 3.05) is 33.3 Å². The maximum absolute atomic E-state index is 11.9. The number of carbonyl (C=O) groups is 2. The van der Waals surface area contributed by atoms with Gasteiger partial charge in [-0.25, -0.2) is 9.59 Å². The van der Waals surface area contributed by atoms with Gasteiger partial charge in [0.25, 0.3) is 0 Å². The Morgan fingerprint density at radius 3 is 3.04 bits per heavy atom. The zero-order valence-corrected chi connectivity index (χ0v) is 14.8. The molecule has 1 aromatic carbocycles. The summed E-state index contributed by atoms with van der Waals surface area (Å²) >= 11 is 0. The molecule has 1 amide bonds. The Morgan fingerprint density at radius 1 is 1.35 bits per heavy atom. The van der Waals surface area contributed by atoms with Crippen molar-refractivity contribution in [3.05, 3.63) is 24.3 Å². The van der Waals surface area contributed by atoms with E-state index >= 15 is 0 Å². The molecule has 0 spiro atoms. The van der Waals surface area contributed by atoms with Crippen LogP contribution >= 0.6 is 0 Å². The summed E-state index contributed by atoms with van der Waals surface area (Å²) in [6.45, 7) is 2.55. The van der Waals surface area contributed by atoms with Gasteiger partial charge in [0, 0.05) is 19.0 Å². The molecule has 0 radical (unpaired) electrons. The Labute approximate surface area is 151 Å². The largest absolute Gasteiger partial charge is 0.449 e. The summed E-state index contributed by atoms with van der Waals surface area (Å²) in [5.74, 6) is -0.153. The van der Waals surface area contributed by atoms with Crippen molar-refractivity contribution in [3.8, 4) is 0 Å². The first-order chi connectivity index (χ1) is 12.6. The zero-order valence-electron chi connectivity index (χ0n) is 14.8. The predicted molar refractivity (Wildman–Crippen MR) is 93.3 cm³/mol. The van der Waals surface area contributed by atoms with Crippen molar-refractivity contribution < 1.29 is 19.2 Å². The van der Waals surface area contributed by atoms with Crippen LogP contribution in [0, 0.1) is 5.92 Å². The Kier molecular flexibility index (Phi) is 6.00. The van der Waals surface area contributed by atoms with Crippen molar-refractivity contribution in [2.45, 2.75) is 19.3 Å². The topological polar surface area (TPSA) is 98.6 Å². The van der Waals surface area contributed by atoms with E-state index in [1.165, 1.54) is 0 Å². The fraction of sp³-hybridized carbons (Fsp3) is 0.529. The first kappa shape index (κ1) is 18.1. The fourth-order valence-electron chi connectivity index (χ4n) is 2.98. The monoisotopic (exact) mass is 361 g/mol. The standard InChI is InChI=1S/C17H23N5O4/c1-21-10-4-5-13(11-21)12-25-17(24)18-9-8-16(23)26-22-15-7-3-2-6-14(15)19-20-22/h2-3,6-7,13H,4-5,8-12H2,1H3,(H,18,24). The van der Waals surface area contributed by atoms with Gasteiger partial charge in [0.15, 0.2) is 0 Å². The van der Waals surface area contributed by atoms with Gasteiger partial charge < -0.3 is 19.8 Å². The Morgan fingerprint density at radius 2 is 2.19 bits per heavy atom. The first-order valence-electron chi connectivity index (χ1n) is 8.72. The molecule has 1 N–H and O–H groups in total. The van der Waals surface area contributed by atoms with Crippen LogP contribution in [0.1, 0.15) is 19.3 Å². The average Bonchev–Trinajstić information content (AvgIpc) is 3.03. The lowest BCUT2D eigenvalue weighted by Crippen LogP contribution is -2.36. The Balaban J connectivity index is 1.35. The second-order valence-corrected chi connectivity index (χ2v) is 6.46. The molecule has 26 heavy (non-hydrogen) atoms. The average molecular weight is 361 g/mol. The van der Waals surface area contributed by atoms with Gasteiger partial charge in [0.2, 0.25) is 0 Å². The lowest BCUT2D eigenvalue weighted by Gasteiger charge is -2.29. The van der Waals surface area contributed by atoms with E-state index in [9.17, 15) is 9.59 Å². The number of nitrogens with one attached hydrogen (secondary N) is 1. The number of ether oxygens (including phenoxy) is 1. The van der Waals surface area contributed by atoms with Gasteiger partial charge >= 0.3 is 12.1 Å². The summed E-state index contributed by atoms with van der Waals surface area (Å²) in [6.07, 6.45) is 1.68. The lowest BCUT2D eigenvalue weighted by molar-refractivity contribution is -0.145. The molecule has 1 aliphatic rings. The van der Waals surface area contributed by atoms with Gasteiger partial charge in [-0.2, -0.15) is 0 Å². The molecule has 1 aromatic heterocycles. The minimum atomic E-state index is -0.519. The third-order valence-corrected chi connectivity index (χ3v) is 4.28. The smallest absolute Gasteiger partial charge is 0.407 e. The summed E-state index contributed by atoms with van der Waals surface area (Å²) in [6, 6.07) is 7.15. The number of rotatable bonds is 6. The number of hydrogen-bond acceptors (Lipinski definition) is 7. The maximum Gasteiger partial charge on any atom is 0.407 e. The molecule has 9 nitrogen and oxygen atoms in total. The highest BCUT2D eigenvalue weighted by Gasteiger charge is 2.18. The molecule has 0 saturated carbocycles. The van der Waals surface area contributed by atoms with E-state index in [0.717, 1.165) is 30.8 Å². The van der Waals surface area contributed by atoms with Crippen LogP contribution in [-0.2, 0) is 9.53 Å². The van der Waals surface area contributed by atoms with E-state index in [1.807, 2.05) is 6.07 Å². The van der Waals surface area contributed by atoms with Crippen LogP contribution in [0.3, 0.4) is 0 Å². The normalized spacial score (nSPS) is 17.8. The predicted octanol–water partition coefficient (Wildman–Crippen LogP) is 0.845. The summed E-state index contributed by atoms with van der Waals surface area (Å²) in [5.41, 5.74) is 1.24. The minimum Gasteiger partial charge on any atom is -0.449 e. The van der Waals surface area contributed by atoms with Crippen molar-refractivity contribution in [3.63, 3.8) is 0 Å². The fourth-order valence-corrected chi connectivity index (χ4v) is 2.98. The number of carbonyl (C=O) groups excluding carboxylic acids is 2. The maximum atomic E-state index is 11.9. The second kappa shape index (κ2) is 8.61. The molecule has 2 aromatic rings. The number of benzene rings is 1. The summed E-state index contributed by atoms with van der Waals surface area (Å²) < 4.78 is 5.22. The number of para-hydroxylation sites is 1. The van der Waals surface area contributed by atoms with E-state index in [1.54, 1.807) is 18.2 Å². The third kappa shape index (κ3) is 4.92. The van der Waals surface area contributed by atoms with Crippen LogP contribution in [0.2, 0.25) is 0 Å². The van der Waals surface area contributed by atoms with Crippen LogP contribution in [0.15, 0.2) is 24.3 Å². The highest BCUT2D eigenvalue weighted by molar-refractivity contribution is 5.76. The Hall–Kier alpha value is -2.68. The van der Waals surface area contributed by atoms with Crippen molar-refractivity contribution >= 4 is 23.1 Å². The number of fused-ring (bicyclic) bond motifs is 1. The number of likely N-dealkylation sites (tertiary alicyclic amines) is 1. The molecule has 2 heterocycles. The lowest BCUT2D eigenvalue weighted by atomic mass is 10.00. The number of hydrogen-bond donors (Lipinski definition) is 1. The number of nitrogens with zero attached hydrogens (tertiary/aromatic N) is 4. The number of alkyl carbamates (subject to hydrolysis) is 1. The number of amides is 1. The van der Waals surface area contributed by atoms with Crippen LogP contribution in [0.5, 0.6) is 0 Å².